The van der Waals surface area contributed by atoms with Crippen LogP contribution in [0, 0.1) is 36.0 Å². The third-order valence-electron chi connectivity index (χ3n) is 3.80. The number of aryl methyl sites for hydroxylation is 1. The fraction of sp³-hybridized carbons (Fsp3) is 0.105. The molecule has 0 bridgehead atoms. The zero-order valence-electron chi connectivity index (χ0n) is 13.9. The van der Waals surface area contributed by atoms with Crippen LogP contribution in [-0.4, -0.2) is 4.57 Å². The van der Waals surface area contributed by atoms with E-state index in [9.17, 15) is 26.7 Å². The molecule has 0 saturated carbocycles. The van der Waals surface area contributed by atoms with Gasteiger partial charge in [0, 0.05) is 41.6 Å². The largest absolute Gasteiger partial charge is 0.489 e. The highest BCUT2D eigenvalue weighted by Crippen LogP contribution is 2.22. The van der Waals surface area contributed by atoms with Gasteiger partial charge >= 0.3 is 0 Å². The number of rotatable bonds is 4. The van der Waals surface area contributed by atoms with Crippen LogP contribution >= 0.6 is 0 Å². The molecule has 0 radical (unpaired) electrons. The van der Waals surface area contributed by atoms with Crippen LogP contribution in [0.15, 0.2) is 47.3 Å². The molecule has 3 rings (SSSR count). The quantitative estimate of drug-likeness (QED) is 0.627. The molecule has 0 fully saturated rings. The molecule has 0 aliphatic carbocycles. The maximum absolute atomic E-state index is 14.0. The number of pyridine rings is 1. The van der Waals surface area contributed by atoms with Gasteiger partial charge in [0.15, 0.2) is 11.6 Å². The molecule has 140 valence electrons. The van der Waals surface area contributed by atoms with Crippen LogP contribution in [0.3, 0.4) is 0 Å². The van der Waals surface area contributed by atoms with E-state index in [4.69, 9.17) is 4.74 Å². The van der Waals surface area contributed by atoms with Crippen LogP contribution in [0.25, 0.3) is 5.69 Å². The summed E-state index contributed by atoms with van der Waals surface area (Å²) in [7, 11) is 0. The fourth-order valence-corrected chi connectivity index (χ4v) is 2.59. The van der Waals surface area contributed by atoms with Crippen LogP contribution in [0.5, 0.6) is 5.75 Å². The van der Waals surface area contributed by atoms with Gasteiger partial charge in [0.25, 0.3) is 5.56 Å². The van der Waals surface area contributed by atoms with Gasteiger partial charge in [0.1, 0.15) is 35.5 Å². The molecule has 3 nitrogen and oxygen atoms in total. The summed E-state index contributed by atoms with van der Waals surface area (Å²) in [5.74, 6) is -5.10. The van der Waals surface area contributed by atoms with E-state index in [2.05, 4.69) is 0 Å². The maximum Gasteiger partial charge on any atom is 0.259 e. The number of halogens is 5. The Hall–Kier alpha value is -3.16. The molecule has 1 heterocycles. The molecule has 0 unspecified atom stereocenters. The van der Waals surface area contributed by atoms with Crippen LogP contribution in [0.4, 0.5) is 22.0 Å². The number of nitrogens with zero attached hydrogens (tertiary/aromatic N) is 1. The lowest BCUT2D eigenvalue weighted by Crippen LogP contribution is -2.22. The van der Waals surface area contributed by atoms with Gasteiger partial charge in [0.05, 0.1) is 0 Å². The highest BCUT2D eigenvalue weighted by Gasteiger charge is 2.17. The second kappa shape index (κ2) is 7.22. The first kappa shape index (κ1) is 18.6. The Morgan fingerprint density at radius 2 is 1.48 bits per heavy atom. The minimum atomic E-state index is -1.24. The van der Waals surface area contributed by atoms with Gasteiger partial charge in [-0.25, -0.2) is 22.0 Å². The predicted molar refractivity (Wildman–Crippen MR) is 87.3 cm³/mol. The Balaban J connectivity index is 1.93. The Kier molecular flexibility index (Phi) is 4.98. The molecule has 3 aromatic rings. The predicted octanol–water partition coefficient (Wildman–Crippen LogP) is 4.42. The monoisotopic (exact) mass is 381 g/mol. The van der Waals surface area contributed by atoms with Crippen molar-refractivity contribution in [2.75, 3.05) is 0 Å². The molecular weight excluding hydrogens is 369 g/mol. The van der Waals surface area contributed by atoms with Gasteiger partial charge in [-0.15, -0.1) is 0 Å². The van der Waals surface area contributed by atoms with Gasteiger partial charge in [-0.3, -0.25) is 9.36 Å². The molecule has 0 atom stereocenters. The summed E-state index contributed by atoms with van der Waals surface area (Å²) in [5.41, 5.74) is -1.36. The van der Waals surface area contributed by atoms with E-state index < -0.39 is 40.3 Å². The number of hydrogen-bond donors (Lipinski definition) is 0. The van der Waals surface area contributed by atoms with Crippen molar-refractivity contribution in [3.8, 4) is 11.4 Å². The highest BCUT2D eigenvalue weighted by atomic mass is 19.2. The standard InChI is InChI=1S/C19H12F5NO2/c1-10-4-14(27-9-11-2-3-12(20)5-15(11)22)8-18(26)25(10)19-16(23)6-13(21)7-17(19)24/h2-8H,9H2,1H3. The lowest BCUT2D eigenvalue weighted by molar-refractivity contribution is 0.298. The zero-order chi connectivity index (χ0) is 19.7. The van der Waals surface area contributed by atoms with Crippen LogP contribution in [-0.2, 0) is 6.61 Å². The third kappa shape index (κ3) is 3.84. The smallest absolute Gasteiger partial charge is 0.259 e. The summed E-state index contributed by atoms with van der Waals surface area (Å²) >= 11 is 0. The minimum absolute atomic E-state index is 0.0282. The van der Waals surface area contributed by atoms with E-state index in [0.29, 0.717) is 18.2 Å². The zero-order valence-corrected chi connectivity index (χ0v) is 13.9. The topological polar surface area (TPSA) is 31.2 Å². The molecule has 0 aliphatic heterocycles. The first-order chi connectivity index (χ1) is 12.8. The SMILES string of the molecule is Cc1cc(OCc2ccc(F)cc2F)cc(=O)n1-c1c(F)cc(F)cc1F. The van der Waals surface area contributed by atoms with E-state index in [1.54, 1.807) is 0 Å². The molecule has 27 heavy (non-hydrogen) atoms. The van der Waals surface area contributed by atoms with E-state index in [0.717, 1.165) is 16.7 Å². The van der Waals surface area contributed by atoms with Crippen molar-refractivity contribution < 1.29 is 26.7 Å². The first-order valence-electron chi connectivity index (χ1n) is 7.71. The summed E-state index contributed by atoms with van der Waals surface area (Å²) in [5, 5.41) is 0. The van der Waals surface area contributed by atoms with Gasteiger partial charge < -0.3 is 4.74 Å². The van der Waals surface area contributed by atoms with Gasteiger partial charge in [0.2, 0.25) is 0 Å². The molecular formula is C19H12F5NO2. The summed E-state index contributed by atoms with van der Waals surface area (Å²) in [4.78, 5) is 12.3. The van der Waals surface area contributed by atoms with Crippen molar-refractivity contribution >= 4 is 0 Å². The number of aromatic nitrogens is 1. The van der Waals surface area contributed by atoms with E-state index in [1.807, 2.05) is 0 Å². The molecule has 0 N–H and O–H groups in total. The van der Waals surface area contributed by atoms with Gasteiger partial charge in [-0.2, -0.15) is 0 Å². The first-order valence-corrected chi connectivity index (χ1v) is 7.71. The lowest BCUT2D eigenvalue weighted by Gasteiger charge is -2.14. The van der Waals surface area contributed by atoms with E-state index >= 15 is 0 Å². The molecule has 2 aromatic carbocycles. The number of hydrogen-bond acceptors (Lipinski definition) is 2. The molecule has 0 saturated heterocycles. The molecule has 1 aromatic heterocycles. The average molecular weight is 381 g/mol. The maximum atomic E-state index is 14.0. The Bertz CT molecular complexity index is 1060. The average Bonchev–Trinajstić information content (AvgIpc) is 2.55. The van der Waals surface area contributed by atoms with Crippen molar-refractivity contribution in [1.82, 2.24) is 4.57 Å². The second-order valence-electron chi connectivity index (χ2n) is 5.75. The molecule has 0 amide bonds. The van der Waals surface area contributed by atoms with Crippen molar-refractivity contribution in [3.63, 3.8) is 0 Å². The molecule has 8 heteroatoms. The molecule has 0 aliphatic rings. The van der Waals surface area contributed by atoms with Crippen molar-refractivity contribution in [3.05, 3.63) is 93.2 Å². The minimum Gasteiger partial charge on any atom is -0.489 e. The van der Waals surface area contributed by atoms with Crippen molar-refractivity contribution in [1.29, 1.82) is 0 Å². The Morgan fingerprint density at radius 1 is 0.852 bits per heavy atom. The van der Waals surface area contributed by atoms with Crippen molar-refractivity contribution in [2.45, 2.75) is 13.5 Å². The van der Waals surface area contributed by atoms with E-state index in [1.165, 1.54) is 19.1 Å². The van der Waals surface area contributed by atoms with Crippen LogP contribution < -0.4 is 10.3 Å². The van der Waals surface area contributed by atoms with Crippen LogP contribution in [0.2, 0.25) is 0 Å². The lowest BCUT2D eigenvalue weighted by atomic mass is 10.2. The van der Waals surface area contributed by atoms with Crippen LogP contribution in [0.1, 0.15) is 11.3 Å². The summed E-state index contributed by atoms with van der Waals surface area (Å²) in [6, 6.07) is 6.15. The highest BCUT2D eigenvalue weighted by molar-refractivity contribution is 5.40. The van der Waals surface area contributed by atoms with Gasteiger partial charge in [-0.05, 0) is 19.1 Å². The Labute approximate surface area is 150 Å². The third-order valence-corrected chi connectivity index (χ3v) is 3.80. The summed E-state index contributed by atoms with van der Waals surface area (Å²) < 4.78 is 73.6. The number of benzene rings is 2. The summed E-state index contributed by atoms with van der Waals surface area (Å²) in [6.07, 6.45) is 0. The number of ether oxygens (including phenoxy) is 1. The molecule has 0 spiro atoms. The summed E-state index contributed by atoms with van der Waals surface area (Å²) in [6.45, 7) is 1.11. The van der Waals surface area contributed by atoms with Crippen molar-refractivity contribution in [2.24, 2.45) is 0 Å². The fourth-order valence-electron chi connectivity index (χ4n) is 2.59. The van der Waals surface area contributed by atoms with Gasteiger partial charge in [-0.1, -0.05) is 0 Å². The Morgan fingerprint density at radius 3 is 2.07 bits per heavy atom. The van der Waals surface area contributed by atoms with E-state index in [-0.39, 0.29) is 23.6 Å². The second-order valence-corrected chi connectivity index (χ2v) is 5.75. The normalized spacial score (nSPS) is 10.9.